The zero-order valence-electron chi connectivity index (χ0n) is 18.4. The summed E-state index contributed by atoms with van der Waals surface area (Å²) >= 11 is 0. The Morgan fingerprint density at radius 1 is 1.07 bits per heavy atom. The number of benzene rings is 1. The normalized spacial score (nSPS) is 18.2. The van der Waals surface area contributed by atoms with E-state index in [0.29, 0.717) is 5.92 Å². The molecule has 1 saturated heterocycles. The van der Waals surface area contributed by atoms with Gasteiger partial charge in [-0.2, -0.15) is 5.06 Å². The second kappa shape index (κ2) is 10.3. The van der Waals surface area contributed by atoms with Gasteiger partial charge in [0.05, 0.1) is 18.8 Å². The van der Waals surface area contributed by atoms with Crippen LogP contribution < -0.4 is 4.74 Å². The van der Waals surface area contributed by atoms with Crippen molar-refractivity contribution in [3.63, 3.8) is 0 Å². The molecule has 1 aromatic carbocycles. The number of hydrogen-bond acceptors (Lipinski definition) is 5. The summed E-state index contributed by atoms with van der Waals surface area (Å²) in [5.74, 6) is 1.57. The number of amides is 1. The van der Waals surface area contributed by atoms with Crippen LogP contribution in [0.25, 0.3) is 0 Å². The highest BCUT2D eigenvalue weighted by Crippen LogP contribution is 2.26. The van der Waals surface area contributed by atoms with Crippen molar-refractivity contribution < 1.29 is 19.1 Å². The molecule has 0 spiro atoms. The van der Waals surface area contributed by atoms with Gasteiger partial charge in [0.25, 0.3) is 0 Å². The molecule has 0 unspecified atom stereocenters. The predicted molar refractivity (Wildman–Crippen MR) is 113 cm³/mol. The molecule has 6 heteroatoms. The lowest BCUT2D eigenvalue weighted by Crippen LogP contribution is -2.39. The maximum absolute atomic E-state index is 12.0. The van der Waals surface area contributed by atoms with Gasteiger partial charge >= 0.3 is 6.09 Å². The minimum Gasteiger partial charge on any atom is -0.494 e. The zero-order valence-corrected chi connectivity index (χ0v) is 18.4. The molecular weight excluding hydrogens is 368 g/mol. The number of carbonyl (C=O) groups is 1. The van der Waals surface area contributed by atoms with E-state index in [1.807, 2.05) is 18.7 Å². The average molecular weight is 405 g/mol. The topological polar surface area (TPSA) is 51.2 Å². The molecule has 1 aromatic rings. The second-order valence-corrected chi connectivity index (χ2v) is 8.70. The summed E-state index contributed by atoms with van der Waals surface area (Å²) in [6.45, 7) is 12.0. The van der Waals surface area contributed by atoms with Gasteiger partial charge in [0, 0.05) is 26.2 Å². The molecule has 2 aliphatic rings. The first-order chi connectivity index (χ1) is 13.9. The highest BCUT2D eigenvalue weighted by molar-refractivity contribution is 5.67. The Morgan fingerprint density at radius 2 is 1.83 bits per heavy atom. The summed E-state index contributed by atoms with van der Waals surface area (Å²) < 4.78 is 11.3. The van der Waals surface area contributed by atoms with E-state index in [9.17, 15) is 4.79 Å². The minimum atomic E-state index is -0.180. The minimum absolute atomic E-state index is 0.0592. The fourth-order valence-corrected chi connectivity index (χ4v) is 4.01. The van der Waals surface area contributed by atoms with Gasteiger partial charge in [0.1, 0.15) is 5.75 Å². The van der Waals surface area contributed by atoms with Crippen molar-refractivity contribution in [3.05, 3.63) is 29.3 Å². The van der Waals surface area contributed by atoms with E-state index in [0.717, 1.165) is 64.2 Å². The molecule has 1 amide bonds. The molecule has 0 radical (unpaired) electrons. The summed E-state index contributed by atoms with van der Waals surface area (Å²) in [4.78, 5) is 19.6. The van der Waals surface area contributed by atoms with Crippen LogP contribution >= 0.6 is 0 Å². The Bertz CT molecular complexity index is 669. The fourth-order valence-electron chi connectivity index (χ4n) is 4.01. The summed E-state index contributed by atoms with van der Waals surface area (Å²) in [7, 11) is 0. The maximum Gasteiger partial charge on any atom is 0.410 e. The number of nitrogens with zero attached hydrogens (tertiary/aromatic N) is 2. The molecule has 1 fully saturated rings. The molecule has 0 atom stereocenters. The van der Waals surface area contributed by atoms with E-state index in [-0.39, 0.29) is 18.3 Å². The second-order valence-electron chi connectivity index (χ2n) is 8.70. The van der Waals surface area contributed by atoms with Crippen molar-refractivity contribution in [2.75, 3.05) is 26.2 Å². The van der Waals surface area contributed by atoms with Crippen LogP contribution in [0.4, 0.5) is 4.79 Å². The molecule has 2 aliphatic heterocycles. The van der Waals surface area contributed by atoms with Crippen molar-refractivity contribution in [1.82, 2.24) is 9.96 Å². The van der Waals surface area contributed by atoms with Crippen LogP contribution in [0.5, 0.6) is 5.75 Å². The maximum atomic E-state index is 12.0. The van der Waals surface area contributed by atoms with Crippen molar-refractivity contribution >= 4 is 6.09 Å². The number of hydroxylamine groups is 2. The molecule has 0 aromatic heterocycles. The number of piperidine rings is 1. The lowest BCUT2D eigenvalue weighted by atomic mass is 9.94. The number of carbonyl (C=O) groups excluding carboxylic acids is 1. The van der Waals surface area contributed by atoms with Crippen LogP contribution in [-0.4, -0.2) is 54.5 Å². The Kier molecular flexibility index (Phi) is 7.78. The molecule has 162 valence electrons. The SMILES string of the molecule is CC(C)OC(=O)N1CCC(CCOc2ccc3c(c2)CCN(OC(C)C)C3)CC1. The van der Waals surface area contributed by atoms with Crippen molar-refractivity contribution in [3.8, 4) is 5.75 Å². The van der Waals surface area contributed by atoms with E-state index in [4.69, 9.17) is 14.3 Å². The molecule has 0 bridgehead atoms. The van der Waals surface area contributed by atoms with Gasteiger partial charge in [0.15, 0.2) is 0 Å². The van der Waals surface area contributed by atoms with Crippen LogP contribution in [-0.2, 0) is 22.5 Å². The first-order valence-electron chi connectivity index (χ1n) is 11.0. The highest BCUT2D eigenvalue weighted by Gasteiger charge is 2.24. The Labute approximate surface area is 175 Å². The molecule has 3 rings (SSSR count). The molecular formula is C23H36N2O4. The first-order valence-corrected chi connectivity index (χ1v) is 11.0. The summed E-state index contributed by atoms with van der Waals surface area (Å²) in [5.41, 5.74) is 2.69. The zero-order chi connectivity index (χ0) is 20.8. The number of fused-ring (bicyclic) bond motifs is 1. The summed E-state index contributed by atoms with van der Waals surface area (Å²) in [6, 6.07) is 6.42. The number of rotatable bonds is 7. The smallest absolute Gasteiger partial charge is 0.410 e. The van der Waals surface area contributed by atoms with Crippen LogP contribution in [0.3, 0.4) is 0 Å². The van der Waals surface area contributed by atoms with Gasteiger partial charge in [-0.15, -0.1) is 0 Å². The van der Waals surface area contributed by atoms with Gasteiger partial charge in [-0.1, -0.05) is 6.07 Å². The lowest BCUT2D eigenvalue weighted by molar-refractivity contribution is -0.196. The molecule has 6 nitrogen and oxygen atoms in total. The van der Waals surface area contributed by atoms with Gasteiger partial charge < -0.3 is 14.4 Å². The Morgan fingerprint density at radius 3 is 2.52 bits per heavy atom. The summed E-state index contributed by atoms with van der Waals surface area (Å²) in [6.07, 6.45) is 4.03. The van der Waals surface area contributed by atoms with E-state index in [2.05, 4.69) is 37.1 Å². The quantitative estimate of drug-likeness (QED) is 0.674. The average Bonchev–Trinajstić information content (AvgIpc) is 2.67. The molecule has 29 heavy (non-hydrogen) atoms. The molecule has 2 heterocycles. The number of hydrogen-bond donors (Lipinski definition) is 0. The molecule has 0 aliphatic carbocycles. The van der Waals surface area contributed by atoms with Gasteiger partial charge in [-0.05, 0) is 82.6 Å². The molecule has 0 N–H and O–H groups in total. The van der Waals surface area contributed by atoms with Crippen LogP contribution in [0, 0.1) is 5.92 Å². The van der Waals surface area contributed by atoms with Gasteiger partial charge in [-0.3, -0.25) is 4.84 Å². The van der Waals surface area contributed by atoms with E-state index in [1.165, 1.54) is 11.1 Å². The van der Waals surface area contributed by atoms with Crippen LogP contribution in [0.15, 0.2) is 18.2 Å². The molecule has 0 saturated carbocycles. The largest absolute Gasteiger partial charge is 0.494 e. The van der Waals surface area contributed by atoms with Gasteiger partial charge in [-0.25, -0.2) is 4.79 Å². The van der Waals surface area contributed by atoms with Gasteiger partial charge in [0.2, 0.25) is 0 Å². The standard InChI is InChI=1S/C23H36N2O4/c1-17(2)28-23(26)24-11-7-19(8-12-24)10-14-27-22-6-5-21-16-25(29-18(3)4)13-9-20(21)15-22/h5-6,15,17-19H,7-14,16H2,1-4H3. The third-order valence-corrected chi connectivity index (χ3v) is 5.52. The third-order valence-electron chi connectivity index (χ3n) is 5.52. The number of ether oxygens (including phenoxy) is 2. The van der Waals surface area contributed by atoms with Crippen LogP contribution in [0.2, 0.25) is 0 Å². The monoisotopic (exact) mass is 404 g/mol. The van der Waals surface area contributed by atoms with E-state index >= 15 is 0 Å². The third kappa shape index (κ3) is 6.61. The highest BCUT2D eigenvalue weighted by atomic mass is 16.7. The Hall–Kier alpha value is -1.79. The van der Waals surface area contributed by atoms with E-state index < -0.39 is 0 Å². The summed E-state index contributed by atoms with van der Waals surface area (Å²) in [5, 5.41) is 2.05. The Balaban J connectivity index is 1.39. The first kappa shape index (κ1) is 21.9. The van der Waals surface area contributed by atoms with Crippen molar-refractivity contribution in [1.29, 1.82) is 0 Å². The number of likely N-dealkylation sites (tertiary alicyclic amines) is 1. The van der Waals surface area contributed by atoms with Crippen molar-refractivity contribution in [2.45, 2.75) is 72.1 Å². The fraction of sp³-hybridized carbons (Fsp3) is 0.696. The van der Waals surface area contributed by atoms with Crippen LogP contribution in [0.1, 0.15) is 58.1 Å². The lowest BCUT2D eigenvalue weighted by Gasteiger charge is -2.32. The predicted octanol–water partition coefficient (Wildman–Crippen LogP) is 4.41. The van der Waals surface area contributed by atoms with E-state index in [1.54, 1.807) is 0 Å². The van der Waals surface area contributed by atoms with Crippen molar-refractivity contribution in [2.24, 2.45) is 5.92 Å².